The number of ether oxygens (including phenoxy) is 1. The molecule has 2 rings (SSSR count). The van der Waals surface area contributed by atoms with E-state index in [1.165, 1.54) is 11.1 Å². The molecule has 0 saturated carbocycles. The number of nitrogens with one attached hydrogen (secondary N) is 1. The van der Waals surface area contributed by atoms with Crippen molar-refractivity contribution in [3.8, 4) is 0 Å². The van der Waals surface area contributed by atoms with E-state index in [1.54, 1.807) is 0 Å². The van der Waals surface area contributed by atoms with E-state index < -0.39 is 0 Å². The van der Waals surface area contributed by atoms with Crippen LogP contribution >= 0.6 is 24.0 Å². The van der Waals surface area contributed by atoms with Crippen LogP contribution in [-0.2, 0) is 17.7 Å². The van der Waals surface area contributed by atoms with E-state index in [-0.39, 0.29) is 24.0 Å². The first-order valence-corrected chi connectivity index (χ1v) is 9.54. The summed E-state index contributed by atoms with van der Waals surface area (Å²) in [6, 6.07) is 9.18. The number of benzene rings is 1. The van der Waals surface area contributed by atoms with Crippen molar-refractivity contribution >= 4 is 29.9 Å². The Kier molecular flexibility index (Phi) is 11.2. The molecule has 1 aromatic carbocycles. The minimum absolute atomic E-state index is 0. The summed E-state index contributed by atoms with van der Waals surface area (Å²) >= 11 is 0. The third kappa shape index (κ3) is 7.40. The summed E-state index contributed by atoms with van der Waals surface area (Å²) < 4.78 is 5.33. The number of rotatable bonds is 9. The molecule has 0 spiro atoms. The van der Waals surface area contributed by atoms with Crippen molar-refractivity contribution in [2.75, 3.05) is 32.8 Å². The standard InChI is InChI=1S/C20H34N4O.HI/c1-4-25-13-7-11-22-20(21)23-14-19(16(2)3)24-12-10-17-8-5-6-9-18(17)15-24;/h5-6,8-9,16,19H,4,7,10-15H2,1-3H3,(H3,21,22,23);1H. The normalized spacial score (nSPS) is 16.1. The van der Waals surface area contributed by atoms with Gasteiger partial charge in [0.1, 0.15) is 0 Å². The number of nitrogens with zero attached hydrogens (tertiary/aromatic N) is 2. The van der Waals surface area contributed by atoms with Gasteiger partial charge in [0.05, 0.1) is 6.54 Å². The van der Waals surface area contributed by atoms with E-state index >= 15 is 0 Å². The van der Waals surface area contributed by atoms with Gasteiger partial charge in [0, 0.05) is 38.9 Å². The molecular formula is C20H35IN4O. The highest BCUT2D eigenvalue weighted by Crippen LogP contribution is 2.23. The highest BCUT2D eigenvalue weighted by atomic mass is 127. The van der Waals surface area contributed by atoms with Crippen LogP contribution in [0.2, 0.25) is 0 Å². The monoisotopic (exact) mass is 474 g/mol. The Hall–Kier alpha value is -0.860. The van der Waals surface area contributed by atoms with Gasteiger partial charge in [0.15, 0.2) is 5.96 Å². The highest BCUT2D eigenvalue weighted by molar-refractivity contribution is 14.0. The molecule has 3 N–H and O–H groups in total. The first kappa shape index (κ1) is 23.2. The van der Waals surface area contributed by atoms with E-state index in [0.29, 0.717) is 17.9 Å². The molecule has 1 aliphatic rings. The average Bonchev–Trinajstić information content (AvgIpc) is 2.61. The number of hydrogen-bond acceptors (Lipinski definition) is 3. The molecule has 1 unspecified atom stereocenters. The van der Waals surface area contributed by atoms with E-state index in [0.717, 1.165) is 52.2 Å². The molecule has 26 heavy (non-hydrogen) atoms. The van der Waals surface area contributed by atoms with Crippen LogP contribution in [-0.4, -0.2) is 49.7 Å². The van der Waals surface area contributed by atoms with Gasteiger partial charge in [-0.05, 0) is 36.8 Å². The molecule has 0 aliphatic carbocycles. The molecule has 6 heteroatoms. The average molecular weight is 474 g/mol. The summed E-state index contributed by atoms with van der Waals surface area (Å²) in [5, 5.41) is 3.18. The predicted molar refractivity (Wildman–Crippen MR) is 120 cm³/mol. The van der Waals surface area contributed by atoms with Crippen molar-refractivity contribution < 1.29 is 4.74 Å². The van der Waals surface area contributed by atoms with Crippen molar-refractivity contribution in [2.45, 2.75) is 46.2 Å². The van der Waals surface area contributed by atoms with E-state index in [1.807, 2.05) is 6.92 Å². The molecule has 0 bridgehead atoms. The van der Waals surface area contributed by atoms with E-state index in [9.17, 15) is 0 Å². The minimum Gasteiger partial charge on any atom is -0.382 e. The molecule has 0 fully saturated rings. The van der Waals surface area contributed by atoms with Gasteiger partial charge in [-0.1, -0.05) is 38.1 Å². The van der Waals surface area contributed by atoms with Crippen LogP contribution < -0.4 is 11.1 Å². The number of fused-ring (bicyclic) bond motifs is 1. The summed E-state index contributed by atoms with van der Waals surface area (Å²) in [5.41, 5.74) is 8.96. The predicted octanol–water partition coefficient (Wildman–Crippen LogP) is 3.02. The smallest absolute Gasteiger partial charge is 0.188 e. The second-order valence-corrected chi connectivity index (χ2v) is 7.00. The molecule has 1 aliphatic heterocycles. The molecule has 148 valence electrons. The molecule has 0 radical (unpaired) electrons. The van der Waals surface area contributed by atoms with Crippen LogP contribution in [0.5, 0.6) is 0 Å². The minimum atomic E-state index is 0. The number of aliphatic imine (C=N–C) groups is 1. The second-order valence-electron chi connectivity index (χ2n) is 7.00. The lowest BCUT2D eigenvalue weighted by Crippen LogP contribution is -2.45. The van der Waals surface area contributed by atoms with Gasteiger partial charge >= 0.3 is 0 Å². The van der Waals surface area contributed by atoms with Gasteiger partial charge in [-0.15, -0.1) is 24.0 Å². The SMILES string of the molecule is CCOCCCNC(N)=NCC(C(C)C)N1CCc2ccccc2C1.I. The van der Waals surface area contributed by atoms with Gasteiger partial charge < -0.3 is 15.8 Å². The number of hydrogen-bond donors (Lipinski definition) is 2. The fourth-order valence-corrected chi connectivity index (χ4v) is 3.33. The lowest BCUT2D eigenvalue weighted by Gasteiger charge is -2.37. The van der Waals surface area contributed by atoms with Crippen molar-refractivity contribution in [3.63, 3.8) is 0 Å². The van der Waals surface area contributed by atoms with Crippen LogP contribution in [0.4, 0.5) is 0 Å². The molecule has 1 heterocycles. The summed E-state index contributed by atoms with van der Waals surface area (Å²) in [6.07, 6.45) is 2.06. The molecule has 1 atom stereocenters. The highest BCUT2D eigenvalue weighted by Gasteiger charge is 2.25. The molecular weight excluding hydrogens is 439 g/mol. The molecule has 5 nitrogen and oxygen atoms in total. The van der Waals surface area contributed by atoms with Crippen LogP contribution in [0.1, 0.15) is 38.3 Å². The van der Waals surface area contributed by atoms with E-state index in [2.05, 4.69) is 53.3 Å². The Morgan fingerprint density at radius 2 is 2.04 bits per heavy atom. The maximum atomic E-state index is 6.02. The zero-order valence-electron chi connectivity index (χ0n) is 16.4. The van der Waals surface area contributed by atoms with Crippen molar-refractivity contribution in [1.29, 1.82) is 0 Å². The zero-order chi connectivity index (χ0) is 18.1. The number of halogens is 1. The molecule has 0 aromatic heterocycles. The zero-order valence-corrected chi connectivity index (χ0v) is 18.7. The summed E-state index contributed by atoms with van der Waals surface area (Å²) in [6.45, 7) is 11.7. The number of nitrogens with two attached hydrogens (primary N) is 1. The van der Waals surface area contributed by atoms with Crippen molar-refractivity contribution in [2.24, 2.45) is 16.6 Å². The molecule has 0 saturated heterocycles. The third-order valence-corrected chi connectivity index (χ3v) is 4.82. The Morgan fingerprint density at radius 3 is 2.73 bits per heavy atom. The summed E-state index contributed by atoms with van der Waals surface area (Å²) in [5.74, 6) is 1.08. The van der Waals surface area contributed by atoms with Crippen LogP contribution in [0.25, 0.3) is 0 Å². The Morgan fingerprint density at radius 1 is 1.31 bits per heavy atom. The summed E-state index contributed by atoms with van der Waals surface area (Å²) in [4.78, 5) is 7.15. The van der Waals surface area contributed by atoms with Gasteiger partial charge in [-0.25, -0.2) is 0 Å². The van der Waals surface area contributed by atoms with Crippen molar-refractivity contribution in [3.05, 3.63) is 35.4 Å². The fraction of sp³-hybridized carbons (Fsp3) is 0.650. The molecule has 0 amide bonds. The Labute approximate surface area is 175 Å². The maximum Gasteiger partial charge on any atom is 0.188 e. The van der Waals surface area contributed by atoms with Gasteiger partial charge in [-0.2, -0.15) is 0 Å². The third-order valence-electron chi connectivity index (χ3n) is 4.82. The first-order valence-electron chi connectivity index (χ1n) is 9.54. The van der Waals surface area contributed by atoms with Gasteiger partial charge in [0.25, 0.3) is 0 Å². The maximum absolute atomic E-state index is 6.02. The summed E-state index contributed by atoms with van der Waals surface area (Å²) in [7, 11) is 0. The molecule has 1 aromatic rings. The van der Waals surface area contributed by atoms with Gasteiger partial charge in [-0.3, -0.25) is 9.89 Å². The quantitative estimate of drug-likeness (QED) is 0.250. The largest absolute Gasteiger partial charge is 0.382 e. The Balaban J connectivity index is 0.00000338. The lowest BCUT2D eigenvalue weighted by molar-refractivity contribution is 0.144. The fourth-order valence-electron chi connectivity index (χ4n) is 3.33. The van der Waals surface area contributed by atoms with Crippen LogP contribution in [0.15, 0.2) is 29.3 Å². The van der Waals surface area contributed by atoms with E-state index in [4.69, 9.17) is 10.5 Å². The Bertz CT molecular complexity index is 550. The second kappa shape index (κ2) is 12.5. The number of guanidine groups is 1. The van der Waals surface area contributed by atoms with Crippen LogP contribution in [0, 0.1) is 5.92 Å². The van der Waals surface area contributed by atoms with Gasteiger partial charge in [0.2, 0.25) is 0 Å². The topological polar surface area (TPSA) is 62.9 Å². The first-order chi connectivity index (χ1) is 12.1. The van der Waals surface area contributed by atoms with Crippen molar-refractivity contribution in [1.82, 2.24) is 10.2 Å². The lowest BCUT2D eigenvalue weighted by atomic mass is 9.95. The van der Waals surface area contributed by atoms with Crippen LogP contribution in [0.3, 0.4) is 0 Å².